The van der Waals surface area contributed by atoms with Gasteiger partial charge >= 0.3 is 0 Å². The number of rotatable bonds is 4. The Morgan fingerprint density at radius 2 is 1.63 bits per heavy atom. The first kappa shape index (κ1) is 22.7. The van der Waals surface area contributed by atoms with Crippen molar-refractivity contribution in [3.63, 3.8) is 0 Å². The Bertz CT molecular complexity index is 807. The van der Waals surface area contributed by atoms with Crippen molar-refractivity contribution < 1.29 is 28.0 Å². The average Bonchev–Trinajstić information content (AvgIpc) is 2.98. The van der Waals surface area contributed by atoms with E-state index in [4.69, 9.17) is 4.55 Å². The van der Waals surface area contributed by atoms with Gasteiger partial charge in [0, 0.05) is 12.3 Å². The van der Waals surface area contributed by atoms with Gasteiger partial charge in [-0.15, -0.1) is 0 Å². The fourth-order valence-corrected chi connectivity index (χ4v) is 8.85. The summed E-state index contributed by atoms with van der Waals surface area (Å²) in [5.41, 5.74) is -1.07. The molecule has 1 unspecified atom stereocenters. The van der Waals surface area contributed by atoms with Crippen LogP contribution in [0.5, 0.6) is 0 Å². The van der Waals surface area contributed by atoms with E-state index >= 15 is 0 Å². The predicted octanol–water partition coefficient (Wildman–Crippen LogP) is 3.21. The Hall–Kier alpha value is -0.500. The summed E-state index contributed by atoms with van der Waals surface area (Å²) in [5, 5.41) is 21.3. The lowest BCUT2D eigenvalue weighted by atomic mass is 9.43. The third-order valence-electron chi connectivity index (χ3n) is 10.1. The lowest BCUT2D eigenvalue weighted by Gasteiger charge is -2.62. The van der Waals surface area contributed by atoms with Crippen LogP contribution in [-0.4, -0.2) is 46.4 Å². The zero-order chi connectivity index (χ0) is 22.1. The third-order valence-corrected chi connectivity index (χ3v) is 10.8. The molecule has 0 aliphatic heterocycles. The first-order valence-corrected chi connectivity index (χ1v) is 13.3. The van der Waals surface area contributed by atoms with Crippen LogP contribution in [0, 0.1) is 40.4 Å². The van der Waals surface area contributed by atoms with Gasteiger partial charge in [0.05, 0.1) is 17.5 Å². The van der Waals surface area contributed by atoms with Gasteiger partial charge in [-0.25, -0.2) is 0 Å². The van der Waals surface area contributed by atoms with Crippen LogP contribution in [0.25, 0.3) is 0 Å². The molecule has 30 heavy (non-hydrogen) atoms. The topological polar surface area (TPSA) is 112 Å². The van der Waals surface area contributed by atoms with Gasteiger partial charge in [-0.1, -0.05) is 13.8 Å². The van der Waals surface area contributed by atoms with Crippen LogP contribution >= 0.6 is 0 Å². The number of aliphatic hydroxyl groups excluding tert-OH is 1. The van der Waals surface area contributed by atoms with E-state index in [9.17, 15) is 23.4 Å². The Morgan fingerprint density at radius 1 is 0.967 bits per heavy atom. The van der Waals surface area contributed by atoms with Gasteiger partial charge in [0.1, 0.15) is 5.78 Å². The monoisotopic (exact) mass is 442 g/mol. The highest BCUT2D eigenvalue weighted by atomic mass is 32.2. The zero-order valence-corrected chi connectivity index (χ0v) is 19.3. The lowest BCUT2D eigenvalue weighted by molar-refractivity contribution is -0.191. The second-order valence-electron chi connectivity index (χ2n) is 11.6. The largest absolute Gasteiger partial charge is 0.390 e. The highest BCUT2D eigenvalue weighted by Gasteiger charge is 2.62. The maximum absolute atomic E-state index is 12.9. The van der Waals surface area contributed by atoms with Crippen LogP contribution < -0.4 is 0 Å². The number of hydrogen-bond acceptors (Lipinski definition) is 5. The Balaban J connectivity index is 1.53. The van der Waals surface area contributed by atoms with Crippen LogP contribution in [0.1, 0.15) is 78.6 Å². The Labute approximate surface area is 180 Å². The summed E-state index contributed by atoms with van der Waals surface area (Å²) in [6.07, 6.45) is 6.49. The summed E-state index contributed by atoms with van der Waals surface area (Å²) < 4.78 is 31.3. The minimum Gasteiger partial charge on any atom is -0.390 e. The van der Waals surface area contributed by atoms with Gasteiger partial charge in [0.15, 0.2) is 0 Å². The number of Topliss-reactive ketones (excluding diaryl/α,β-unsaturated/α-hetero) is 1. The number of aliphatic hydroxyl groups is 2. The van der Waals surface area contributed by atoms with Crippen molar-refractivity contribution in [2.24, 2.45) is 40.4 Å². The van der Waals surface area contributed by atoms with Crippen LogP contribution in [0.15, 0.2) is 0 Å². The molecule has 3 N–H and O–H groups in total. The molecule has 0 aromatic carbocycles. The number of fused-ring (bicyclic) bond motifs is 5. The molecule has 172 valence electrons. The van der Waals surface area contributed by atoms with E-state index in [1.807, 2.05) is 0 Å². The highest BCUT2D eigenvalue weighted by Crippen LogP contribution is 2.68. The van der Waals surface area contributed by atoms with Crippen molar-refractivity contribution in [3.05, 3.63) is 0 Å². The van der Waals surface area contributed by atoms with Crippen molar-refractivity contribution in [2.75, 3.05) is 5.75 Å². The van der Waals surface area contributed by atoms with E-state index in [2.05, 4.69) is 13.8 Å². The van der Waals surface area contributed by atoms with Crippen molar-refractivity contribution in [1.82, 2.24) is 0 Å². The van der Waals surface area contributed by atoms with Gasteiger partial charge in [-0.05, 0) is 92.8 Å². The molecule has 0 saturated heterocycles. The third kappa shape index (κ3) is 3.57. The first-order valence-electron chi connectivity index (χ1n) is 11.7. The molecular formula is C23H38O6S. The van der Waals surface area contributed by atoms with Crippen LogP contribution in [0.4, 0.5) is 0 Å². The van der Waals surface area contributed by atoms with E-state index in [-0.39, 0.29) is 29.0 Å². The minimum absolute atomic E-state index is 0.0138. The molecule has 0 heterocycles. The van der Waals surface area contributed by atoms with Crippen molar-refractivity contribution >= 4 is 15.9 Å². The number of ketones is 1. The van der Waals surface area contributed by atoms with E-state index in [1.54, 1.807) is 6.92 Å². The van der Waals surface area contributed by atoms with E-state index in [0.29, 0.717) is 36.5 Å². The molecule has 0 bridgehead atoms. The molecule has 9 atom stereocenters. The van der Waals surface area contributed by atoms with Crippen molar-refractivity contribution in [1.29, 1.82) is 0 Å². The SMILES string of the molecule is C[C@]12CC(O)[C@@](C)(O)C[C@@H]1CC[C@@H]1[C@@H]2CC[C@]2(C)[C@@H](C(=O)CCS(=O)(=O)O)CC[C@@H]12. The van der Waals surface area contributed by atoms with E-state index < -0.39 is 27.6 Å². The molecule has 0 aromatic heterocycles. The first-order chi connectivity index (χ1) is 13.8. The van der Waals surface area contributed by atoms with E-state index in [0.717, 1.165) is 38.5 Å². The molecule has 0 spiro atoms. The van der Waals surface area contributed by atoms with Crippen LogP contribution in [0.2, 0.25) is 0 Å². The van der Waals surface area contributed by atoms with Gasteiger partial charge in [-0.2, -0.15) is 8.42 Å². The van der Waals surface area contributed by atoms with Crippen LogP contribution in [-0.2, 0) is 14.9 Å². The second-order valence-corrected chi connectivity index (χ2v) is 13.2. The van der Waals surface area contributed by atoms with Crippen molar-refractivity contribution in [2.45, 2.75) is 90.3 Å². The lowest BCUT2D eigenvalue weighted by Crippen LogP contribution is -2.59. The molecule has 0 amide bonds. The second kappa shape index (κ2) is 7.26. The maximum Gasteiger partial charge on any atom is 0.265 e. The number of hydrogen-bond donors (Lipinski definition) is 3. The number of carbonyl (C=O) groups is 1. The molecule has 4 aliphatic rings. The van der Waals surface area contributed by atoms with Gasteiger partial charge in [0.25, 0.3) is 10.1 Å². The fraction of sp³-hybridized carbons (Fsp3) is 0.957. The standard InChI is InChI=1S/C23H38O6S/c1-21-10-8-17-15(5-4-14-12-23(3,26)20(25)13-22(14,17)2)16(21)6-7-18(21)19(24)9-11-30(27,28)29/h14-18,20,25-26H,4-13H2,1-3H3,(H,27,28,29)/t14-,15-,16-,17-,18+,20?,21-,22-,23-/m0/s1. The molecule has 0 radical (unpaired) electrons. The maximum atomic E-state index is 12.9. The Kier molecular flexibility index (Phi) is 5.49. The summed E-state index contributed by atoms with van der Waals surface area (Å²) in [6.45, 7) is 6.31. The summed E-state index contributed by atoms with van der Waals surface area (Å²) in [7, 11) is -4.12. The highest BCUT2D eigenvalue weighted by molar-refractivity contribution is 7.85. The Morgan fingerprint density at radius 3 is 2.30 bits per heavy atom. The normalized spacial score (nSPS) is 51.0. The van der Waals surface area contributed by atoms with E-state index in [1.165, 1.54) is 0 Å². The molecule has 0 aromatic rings. The van der Waals surface area contributed by atoms with Crippen LogP contribution in [0.3, 0.4) is 0 Å². The molecule has 6 nitrogen and oxygen atoms in total. The molecule has 7 heteroatoms. The summed E-state index contributed by atoms with van der Waals surface area (Å²) in [5.74, 6) is 1.30. The zero-order valence-electron chi connectivity index (χ0n) is 18.5. The summed E-state index contributed by atoms with van der Waals surface area (Å²) in [4.78, 5) is 12.9. The predicted molar refractivity (Wildman–Crippen MR) is 113 cm³/mol. The molecule has 4 saturated carbocycles. The molecular weight excluding hydrogens is 404 g/mol. The summed E-state index contributed by atoms with van der Waals surface area (Å²) in [6, 6.07) is 0. The van der Waals surface area contributed by atoms with Crippen molar-refractivity contribution in [3.8, 4) is 0 Å². The van der Waals surface area contributed by atoms with Gasteiger partial charge in [0.2, 0.25) is 0 Å². The van der Waals surface area contributed by atoms with Gasteiger partial charge in [-0.3, -0.25) is 9.35 Å². The average molecular weight is 443 g/mol. The summed E-state index contributed by atoms with van der Waals surface area (Å²) >= 11 is 0. The fourth-order valence-electron chi connectivity index (χ4n) is 8.39. The molecule has 4 rings (SSSR count). The van der Waals surface area contributed by atoms with Gasteiger partial charge < -0.3 is 10.2 Å². The molecule has 4 fully saturated rings. The number of carbonyl (C=O) groups excluding carboxylic acids is 1. The quantitative estimate of drug-likeness (QED) is 0.577. The minimum atomic E-state index is -4.12. The molecule has 4 aliphatic carbocycles. The smallest absolute Gasteiger partial charge is 0.265 e.